The Bertz CT molecular complexity index is 644. The number of carbonyl (C=O) groups is 1. The first-order valence-electron chi connectivity index (χ1n) is 5.84. The van der Waals surface area contributed by atoms with E-state index in [1.54, 1.807) is 0 Å². The van der Waals surface area contributed by atoms with Gasteiger partial charge in [0.1, 0.15) is 5.56 Å². The summed E-state index contributed by atoms with van der Waals surface area (Å²) in [4.78, 5) is 22.4. The molecule has 1 amide bonds. The van der Waals surface area contributed by atoms with Gasteiger partial charge in [-0.05, 0) is 17.7 Å². The number of nitrogens with one attached hydrogen (secondary N) is 1. The Morgan fingerprint density at radius 2 is 1.90 bits per heavy atom. The topological polar surface area (TPSA) is 72.2 Å². The number of nitrogens with zero attached hydrogens (tertiary/aromatic N) is 1. The second-order valence-electron chi connectivity index (χ2n) is 4.09. The van der Waals surface area contributed by atoms with E-state index in [-0.39, 0.29) is 11.3 Å². The van der Waals surface area contributed by atoms with Crippen molar-refractivity contribution in [3.8, 4) is 0 Å². The molecule has 0 heterocycles. The molecule has 20 heavy (non-hydrogen) atoms. The summed E-state index contributed by atoms with van der Waals surface area (Å²) in [6.45, 7) is 0.323. The van der Waals surface area contributed by atoms with Gasteiger partial charge in [0, 0.05) is 17.1 Å². The molecule has 0 saturated heterocycles. The van der Waals surface area contributed by atoms with Gasteiger partial charge in [-0.25, -0.2) is 0 Å². The molecule has 2 aromatic rings. The summed E-state index contributed by atoms with van der Waals surface area (Å²) >= 11 is 3.21. The number of nitro groups is 1. The van der Waals surface area contributed by atoms with E-state index in [9.17, 15) is 14.9 Å². The maximum Gasteiger partial charge on any atom is 0.282 e. The Hall–Kier alpha value is -2.21. The van der Waals surface area contributed by atoms with E-state index >= 15 is 0 Å². The normalized spacial score (nSPS) is 10.1. The highest BCUT2D eigenvalue weighted by Crippen LogP contribution is 2.23. The summed E-state index contributed by atoms with van der Waals surface area (Å²) in [5.74, 6) is -0.471. The van der Waals surface area contributed by atoms with Crippen LogP contribution in [0.3, 0.4) is 0 Å². The molecule has 0 aliphatic rings. The van der Waals surface area contributed by atoms with Crippen LogP contribution in [-0.2, 0) is 6.54 Å². The van der Waals surface area contributed by atoms with Gasteiger partial charge in [0.05, 0.1) is 4.92 Å². The second-order valence-corrected chi connectivity index (χ2v) is 5.00. The number of hydrogen-bond acceptors (Lipinski definition) is 3. The average molecular weight is 335 g/mol. The largest absolute Gasteiger partial charge is 0.348 e. The lowest BCUT2D eigenvalue weighted by molar-refractivity contribution is -0.385. The molecule has 0 saturated carbocycles. The number of nitro benzene ring substituents is 1. The minimum atomic E-state index is -0.566. The van der Waals surface area contributed by atoms with Gasteiger partial charge in [0.2, 0.25) is 0 Å². The number of benzene rings is 2. The van der Waals surface area contributed by atoms with Crippen LogP contribution in [0.15, 0.2) is 53.0 Å². The standard InChI is InChI=1S/C14H11BrN2O3/c15-11-6-7-13(17(19)20)12(8-11)14(18)16-9-10-4-2-1-3-5-10/h1-8H,9H2,(H,16,18). The van der Waals surface area contributed by atoms with Gasteiger partial charge in [0.15, 0.2) is 0 Å². The van der Waals surface area contributed by atoms with E-state index in [1.807, 2.05) is 30.3 Å². The van der Waals surface area contributed by atoms with Crippen LogP contribution < -0.4 is 5.32 Å². The van der Waals surface area contributed by atoms with E-state index in [4.69, 9.17) is 0 Å². The SMILES string of the molecule is O=C(NCc1ccccc1)c1cc(Br)ccc1[N+](=O)[O-]. The van der Waals surface area contributed by atoms with Crippen molar-refractivity contribution in [3.05, 3.63) is 74.2 Å². The van der Waals surface area contributed by atoms with Gasteiger partial charge in [-0.2, -0.15) is 0 Å². The molecule has 0 fully saturated rings. The highest BCUT2D eigenvalue weighted by molar-refractivity contribution is 9.10. The minimum Gasteiger partial charge on any atom is -0.348 e. The predicted octanol–water partition coefficient (Wildman–Crippen LogP) is 3.29. The fourth-order valence-electron chi connectivity index (χ4n) is 1.72. The molecule has 2 rings (SSSR count). The summed E-state index contributed by atoms with van der Waals surface area (Å²) in [5, 5.41) is 13.6. The maximum atomic E-state index is 12.1. The van der Waals surface area contributed by atoms with Crippen molar-refractivity contribution in [2.24, 2.45) is 0 Å². The molecule has 6 heteroatoms. The molecule has 2 aromatic carbocycles. The van der Waals surface area contributed by atoms with E-state index < -0.39 is 10.8 Å². The number of rotatable bonds is 4. The minimum absolute atomic E-state index is 0.0420. The smallest absolute Gasteiger partial charge is 0.282 e. The highest BCUT2D eigenvalue weighted by atomic mass is 79.9. The molecule has 102 valence electrons. The Balaban J connectivity index is 2.17. The summed E-state index contributed by atoms with van der Waals surface area (Å²) in [6.07, 6.45) is 0. The van der Waals surface area contributed by atoms with E-state index in [0.717, 1.165) is 5.56 Å². The monoisotopic (exact) mass is 334 g/mol. The lowest BCUT2D eigenvalue weighted by atomic mass is 10.1. The molecule has 0 radical (unpaired) electrons. The third kappa shape index (κ3) is 3.42. The van der Waals surface area contributed by atoms with Crippen molar-refractivity contribution in [2.75, 3.05) is 0 Å². The second kappa shape index (κ2) is 6.29. The van der Waals surface area contributed by atoms with Crippen LogP contribution in [0.1, 0.15) is 15.9 Å². The van der Waals surface area contributed by atoms with Crippen molar-refractivity contribution in [3.63, 3.8) is 0 Å². The van der Waals surface area contributed by atoms with Crippen LogP contribution >= 0.6 is 15.9 Å². The zero-order chi connectivity index (χ0) is 14.5. The number of amides is 1. The first-order chi connectivity index (χ1) is 9.58. The van der Waals surface area contributed by atoms with Crippen LogP contribution in [0.2, 0.25) is 0 Å². The molecule has 0 spiro atoms. The summed E-state index contributed by atoms with van der Waals surface area (Å²) in [7, 11) is 0. The van der Waals surface area contributed by atoms with Gasteiger partial charge in [0.25, 0.3) is 11.6 Å². The zero-order valence-corrected chi connectivity index (χ0v) is 12.0. The highest BCUT2D eigenvalue weighted by Gasteiger charge is 2.19. The Kier molecular flexibility index (Phi) is 4.47. The molecule has 0 aliphatic carbocycles. The van der Waals surface area contributed by atoms with Crippen LogP contribution in [0.4, 0.5) is 5.69 Å². The van der Waals surface area contributed by atoms with Crippen molar-refractivity contribution >= 4 is 27.5 Å². The Labute approximate surface area is 123 Å². The third-order valence-corrected chi connectivity index (χ3v) is 3.19. The van der Waals surface area contributed by atoms with Crippen molar-refractivity contribution in [2.45, 2.75) is 6.54 Å². The van der Waals surface area contributed by atoms with E-state index in [2.05, 4.69) is 21.2 Å². The van der Waals surface area contributed by atoms with Crippen molar-refractivity contribution in [1.82, 2.24) is 5.32 Å². The lowest BCUT2D eigenvalue weighted by Gasteiger charge is -2.06. The van der Waals surface area contributed by atoms with E-state index in [0.29, 0.717) is 11.0 Å². The van der Waals surface area contributed by atoms with Crippen molar-refractivity contribution in [1.29, 1.82) is 0 Å². The number of carbonyl (C=O) groups excluding carboxylic acids is 1. The zero-order valence-electron chi connectivity index (χ0n) is 10.4. The summed E-state index contributed by atoms with van der Waals surface area (Å²) in [6, 6.07) is 13.6. The average Bonchev–Trinajstić information content (AvgIpc) is 2.45. The molecule has 0 aromatic heterocycles. The first kappa shape index (κ1) is 14.2. The lowest BCUT2D eigenvalue weighted by Crippen LogP contribution is -2.23. The van der Waals surface area contributed by atoms with Crippen LogP contribution in [0.25, 0.3) is 0 Å². The molecular weight excluding hydrogens is 324 g/mol. The van der Waals surface area contributed by atoms with Crippen LogP contribution in [0.5, 0.6) is 0 Å². The van der Waals surface area contributed by atoms with Gasteiger partial charge in [-0.1, -0.05) is 46.3 Å². The Morgan fingerprint density at radius 1 is 1.20 bits per heavy atom. The fraction of sp³-hybridized carbons (Fsp3) is 0.0714. The number of halogens is 1. The van der Waals surface area contributed by atoms with Gasteiger partial charge in [-0.15, -0.1) is 0 Å². The molecule has 0 bridgehead atoms. The first-order valence-corrected chi connectivity index (χ1v) is 6.63. The molecule has 0 aliphatic heterocycles. The molecule has 0 atom stereocenters. The van der Waals surface area contributed by atoms with Crippen LogP contribution in [-0.4, -0.2) is 10.8 Å². The molecular formula is C14H11BrN2O3. The Morgan fingerprint density at radius 3 is 2.55 bits per heavy atom. The number of hydrogen-bond donors (Lipinski definition) is 1. The molecule has 5 nitrogen and oxygen atoms in total. The van der Waals surface area contributed by atoms with Gasteiger partial charge in [-0.3, -0.25) is 14.9 Å². The third-order valence-electron chi connectivity index (χ3n) is 2.70. The quantitative estimate of drug-likeness (QED) is 0.688. The van der Waals surface area contributed by atoms with E-state index in [1.165, 1.54) is 18.2 Å². The maximum absolute atomic E-state index is 12.1. The molecule has 0 unspecified atom stereocenters. The summed E-state index contributed by atoms with van der Waals surface area (Å²) < 4.78 is 0.618. The molecule has 1 N–H and O–H groups in total. The van der Waals surface area contributed by atoms with Gasteiger partial charge >= 0.3 is 0 Å². The fourth-order valence-corrected chi connectivity index (χ4v) is 2.08. The van der Waals surface area contributed by atoms with Gasteiger partial charge < -0.3 is 5.32 Å². The van der Waals surface area contributed by atoms with Crippen molar-refractivity contribution < 1.29 is 9.72 Å². The predicted molar refractivity (Wildman–Crippen MR) is 78.4 cm³/mol. The summed E-state index contributed by atoms with van der Waals surface area (Å²) in [5.41, 5.74) is 0.762. The van der Waals surface area contributed by atoms with Crippen LogP contribution in [0, 0.1) is 10.1 Å².